The molecule has 0 spiro atoms. The summed E-state index contributed by atoms with van der Waals surface area (Å²) < 4.78 is 2.27. The van der Waals surface area contributed by atoms with Crippen LogP contribution in [0.5, 0.6) is 0 Å². The van der Waals surface area contributed by atoms with Gasteiger partial charge in [0.2, 0.25) is 0 Å². The van der Waals surface area contributed by atoms with E-state index in [0.29, 0.717) is 5.92 Å². The molecule has 1 aromatic heterocycles. The molecule has 0 radical (unpaired) electrons. The average Bonchev–Trinajstić information content (AvgIpc) is 2.44. The quantitative estimate of drug-likeness (QED) is 0.738. The zero-order valence-corrected chi connectivity index (χ0v) is 10.7. The van der Waals surface area contributed by atoms with E-state index in [2.05, 4.69) is 69.8 Å². The van der Waals surface area contributed by atoms with E-state index in [0.717, 1.165) is 6.42 Å². The molecule has 1 nitrogen and oxygen atoms in total. The summed E-state index contributed by atoms with van der Waals surface area (Å²) in [5.74, 6) is 0.716. The van der Waals surface area contributed by atoms with Crippen LogP contribution in [0.1, 0.15) is 19.5 Å². The van der Waals surface area contributed by atoms with Crippen LogP contribution in [0.15, 0.2) is 30.3 Å². The third-order valence-corrected chi connectivity index (χ3v) is 3.48. The van der Waals surface area contributed by atoms with Crippen molar-refractivity contribution in [2.75, 3.05) is 0 Å². The van der Waals surface area contributed by atoms with Crippen molar-refractivity contribution in [3.05, 3.63) is 36.0 Å². The topological polar surface area (TPSA) is 4.93 Å². The van der Waals surface area contributed by atoms with E-state index in [1.54, 1.807) is 0 Å². The van der Waals surface area contributed by atoms with Crippen molar-refractivity contribution in [2.45, 2.75) is 20.3 Å². The molecule has 0 aliphatic rings. The van der Waals surface area contributed by atoms with Gasteiger partial charge in [-0.1, -0.05) is 32.0 Å². The summed E-state index contributed by atoms with van der Waals surface area (Å²) in [6.45, 7) is 4.52. The van der Waals surface area contributed by atoms with Crippen LogP contribution in [-0.4, -0.2) is 2.78 Å². The molecule has 0 bridgehead atoms. The monoisotopic (exact) mass is 299 g/mol. The van der Waals surface area contributed by atoms with Crippen LogP contribution in [0.2, 0.25) is 0 Å². The number of fused-ring (bicyclic) bond motifs is 1. The predicted octanol–water partition coefficient (Wildman–Crippen LogP) is 4.04. The van der Waals surface area contributed by atoms with E-state index < -0.39 is 0 Å². The summed E-state index contributed by atoms with van der Waals surface area (Å²) in [7, 11) is 0. The summed E-state index contributed by atoms with van der Waals surface area (Å²) in [5, 5.41) is 1.34. The van der Waals surface area contributed by atoms with Crippen molar-refractivity contribution >= 4 is 33.8 Å². The summed E-state index contributed by atoms with van der Waals surface area (Å²) in [6, 6.07) is 10.8. The highest BCUT2D eigenvalue weighted by molar-refractivity contribution is 14.1. The number of hydrogen-bond donors (Lipinski definition) is 0. The zero-order chi connectivity index (χ0) is 10.1. The first kappa shape index (κ1) is 10.0. The number of nitrogens with zero attached hydrogens (tertiary/aromatic N) is 1. The Kier molecular flexibility index (Phi) is 2.81. The maximum Gasteiger partial charge on any atom is 0.0643 e. The molecule has 1 heterocycles. The molecule has 0 saturated heterocycles. The lowest BCUT2D eigenvalue weighted by molar-refractivity contribution is 0.637. The van der Waals surface area contributed by atoms with Crippen molar-refractivity contribution in [3.8, 4) is 0 Å². The van der Waals surface area contributed by atoms with E-state index in [4.69, 9.17) is 0 Å². The van der Waals surface area contributed by atoms with Gasteiger partial charge in [0.25, 0.3) is 0 Å². The van der Waals surface area contributed by atoms with Gasteiger partial charge in [0, 0.05) is 11.1 Å². The van der Waals surface area contributed by atoms with Gasteiger partial charge in [-0.2, -0.15) is 0 Å². The van der Waals surface area contributed by atoms with Crippen LogP contribution >= 0.6 is 22.9 Å². The van der Waals surface area contributed by atoms with Crippen LogP contribution in [0.25, 0.3) is 10.9 Å². The van der Waals surface area contributed by atoms with Gasteiger partial charge in [-0.3, -0.25) is 2.78 Å². The van der Waals surface area contributed by atoms with Crippen molar-refractivity contribution in [1.29, 1.82) is 0 Å². The fraction of sp³-hybridized carbons (Fsp3) is 0.333. The molecule has 1 aromatic carbocycles. The van der Waals surface area contributed by atoms with Gasteiger partial charge in [0.05, 0.1) is 28.4 Å². The van der Waals surface area contributed by atoms with E-state index in [1.807, 2.05) is 0 Å². The summed E-state index contributed by atoms with van der Waals surface area (Å²) in [5.41, 5.74) is 2.74. The summed E-state index contributed by atoms with van der Waals surface area (Å²) >= 11 is 2.38. The lowest BCUT2D eigenvalue weighted by atomic mass is 10.1. The number of benzene rings is 1. The highest BCUT2D eigenvalue weighted by Gasteiger charge is 2.07. The van der Waals surface area contributed by atoms with Gasteiger partial charge < -0.3 is 0 Å². The lowest BCUT2D eigenvalue weighted by Gasteiger charge is -2.04. The standard InChI is InChI=1S/C12H14IN/c1-9(2)7-11-8-10-5-3-4-6-12(10)14(11)13/h3-6,8-9H,7H2,1-2H3. The Hall–Kier alpha value is -0.510. The maximum absolute atomic E-state index is 2.38. The Morgan fingerprint density at radius 2 is 2.00 bits per heavy atom. The number of aromatic nitrogens is 1. The Morgan fingerprint density at radius 1 is 1.29 bits per heavy atom. The second-order valence-corrected chi connectivity index (χ2v) is 5.04. The molecular weight excluding hydrogens is 285 g/mol. The molecule has 2 aromatic rings. The highest BCUT2D eigenvalue weighted by Crippen LogP contribution is 2.23. The van der Waals surface area contributed by atoms with E-state index in [-0.39, 0.29) is 0 Å². The first-order chi connectivity index (χ1) is 6.68. The van der Waals surface area contributed by atoms with Crippen LogP contribution in [-0.2, 0) is 6.42 Å². The van der Waals surface area contributed by atoms with E-state index in [9.17, 15) is 0 Å². The fourth-order valence-corrected chi connectivity index (χ4v) is 2.51. The van der Waals surface area contributed by atoms with Crippen LogP contribution in [0.3, 0.4) is 0 Å². The first-order valence-corrected chi connectivity index (χ1v) is 5.90. The molecule has 74 valence electrons. The molecule has 2 rings (SSSR count). The van der Waals surface area contributed by atoms with Crippen molar-refractivity contribution in [1.82, 2.24) is 2.78 Å². The van der Waals surface area contributed by atoms with Crippen molar-refractivity contribution in [2.24, 2.45) is 5.92 Å². The van der Waals surface area contributed by atoms with Gasteiger partial charge in [0.15, 0.2) is 0 Å². The third-order valence-electron chi connectivity index (χ3n) is 2.34. The van der Waals surface area contributed by atoms with Crippen LogP contribution in [0, 0.1) is 5.92 Å². The fourth-order valence-electron chi connectivity index (χ4n) is 1.74. The molecule has 0 aliphatic heterocycles. The minimum atomic E-state index is 0.716. The minimum Gasteiger partial charge on any atom is -0.286 e. The Bertz CT molecular complexity index is 443. The Labute approximate surface area is 98.6 Å². The molecule has 14 heavy (non-hydrogen) atoms. The van der Waals surface area contributed by atoms with E-state index in [1.165, 1.54) is 16.6 Å². The number of para-hydroxylation sites is 1. The molecule has 0 fully saturated rings. The minimum absolute atomic E-state index is 0.716. The summed E-state index contributed by atoms with van der Waals surface area (Å²) in [6.07, 6.45) is 1.15. The molecular formula is C12H14IN. The summed E-state index contributed by atoms with van der Waals surface area (Å²) in [4.78, 5) is 0. The van der Waals surface area contributed by atoms with Gasteiger partial charge in [-0.15, -0.1) is 0 Å². The van der Waals surface area contributed by atoms with Gasteiger partial charge in [0.1, 0.15) is 0 Å². The SMILES string of the molecule is CC(C)Cc1cc2ccccc2n1I. The zero-order valence-electron chi connectivity index (χ0n) is 8.50. The smallest absolute Gasteiger partial charge is 0.0643 e. The molecule has 0 unspecified atom stereocenters. The second kappa shape index (κ2) is 3.93. The highest BCUT2D eigenvalue weighted by atomic mass is 127. The molecule has 2 heteroatoms. The largest absolute Gasteiger partial charge is 0.286 e. The number of hydrogen-bond acceptors (Lipinski definition) is 0. The Balaban J connectivity index is 2.51. The number of halogens is 1. The molecule has 0 saturated carbocycles. The Morgan fingerprint density at radius 3 is 2.64 bits per heavy atom. The van der Waals surface area contributed by atoms with Gasteiger partial charge >= 0.3 is 0 Å². The van der Waals surface area contributed by atoms with Gasteiger partial charge in [-0.05, 0) is 24.5 Å². The average molecular weight is 299 g/mol. The predicted molar refractivity (Wildman–Crippen MR) is 69.9 cm³/mol. The van der Waals surface area contributed by atoms with E-state index >= 15 is 0 Å². The van der Waals surface area contributed by atoms with Crippen LogP contribution < -0.4 is 0 Å². The van der Waals surface area contributed by atoms with Gasteiger partial charge in [-0.25, -0.2) is 0 Å². The number of rotatable bonds is 2. The lowest BCUT2D eigenvalue weighted by Crippen LogP contribution is -1.96. The second-order valence-electron chi connectivity index (χ2n) is 4.07. The van der Waals surface area contributed by atoms with Crippen LogP contribution in [0.4, 0.5) is 0 Å². The van der Waals surface area contributed by atoms with Crippen molar-refractivity contribution < 1.29 is 0 Å². The normalized spacial score (nSPS) is 11.4. The molecule has 0 atom stereocenters. The molecule has 0 aliphatic carbocycles. The third kappa shape index (κ3) is 1.80. The first-order valence-electron chi connectivity index (χ1n) is 4.94. The molecule has 0 N–H and O–H groups in total. The van der Waals surface area contributed by atoms with Crippen molar-refractivity contribution in [3.63, 3.8) is 0 Å². The maximum atomic E-state index is 2.38. The molecule has 0 amide bonds.